The van der Waals surface area contributed by atoms with E-state index in [9.17, 15) is 4.79 Å². The smallest absolute Gasteiger partial charge is 0.229 e. The molecule has 1 aliphatic carbocycles. The standard InChI is InChI=1S/C26H25N9O/c1-14-6-23(21-4-5-34(2)33-21)28-11-19(14)22-7-15-8-24(29-12-20(15)25(27)31-22)32-26(36)18-9-17(18)16-10-30-35(3)13-16/h4-8,10-13,17-18H,9H2,1-3H3,(H2,27,31)(H,29,32,36)/t17-,18+/m1/s1. The topological polar surface area (TPSA) is 129 Å². The molecule has 1 fully saturated rings. The quantitative estimate of drug-likeness (QED) is 0.395. The Morgan fingerprint density at radius 2 is 1.92 bits per heavy atom. The van der Waals surface area contributed by atoms with Gasteiger partial charge < -0.3 is 11.1 Å². The third-order valence-corrected chi connectivity index (χ3v) is 6.64. The first kappa shape index (κ1) is 21.9. The monoisotopic (exact) mass is 479 g/mol. The first-order valence-corrected chi connectivity index (χ1v) is 11.7. The van der Waals surface area contributed by atoms with Gasteiger partial charge in [0.2, 0.25) is 5.91 Å². The zero-order valence-electron chi connectivity index (χ0n) is 20.2. The molecule has 10 heteroatoms. The number of fused-ring (bicyclic) bond motifs is 1. The van der Waals surface area contributed by atoms with E-state index in [4.69, 9.17) is 5.73 Å². The van der Waals surface area contributed by atoms with E-state index >= 15 is 0 Å². The summed E-state index contributed by atoms with van der Waals surface area (Å²) in [5.41, 5.74) is 11.6. The predicted molar refractivity (Wildman–Crippen MR) is 137 cm³/mol. The number of pyridine rings is 3. The number of nitrogens with zero attached hydrogens (tertiary/aromatic N) is 7. The van der Waals surface area contributed by atoms with Crippen LogP contribution >= 0.6 is 0 Å². The molecule has 1 saturated carbocycles. The molecule has 5 heterocycles. The zero-order valence-corrected chi connectivity index (χ0v) is 20.2. The zero-order chi connectivity index (χ0) is 25.0. The van der Waals surface area contributed by atoms with E-state index in [-0.39, 0.29) is 17.7 Å². The van der Waals surface area contributed by atoms with Crippen LogP contribution in [0.5, 0.6) is 0 Å². The van der Waals surface area contributed by atoms with Crippen LogP contribution < -0.4 is 11.1 Å². The number of aryl methyl sites for hydroxylation is 3. The number of carbonyl (C=O) groups is 1. The Bertz CT molecular complexity index is 1630. The highest BCUT2D eigenvalue weighted by atomic mass is 16.2. The van der Waals surface area contributed by atoms with Crippen molar-refractivity contribution in [2.75, 3.05) is 11.1 Å². The van der Waals surface area contributed by atoms with E-state index in [0.29, 0.717) is 17.3 Å². The summed E-state index contributed by atoms with van der Waals surface area (Å²) in [6, 6.07) is 7.70. The lowest BCUT2D eigenvalue weighted by Gasteiger charge is -2.11. The number of hydrogen-bond acceptors (Lipinski definition) is 7. The number of aromatic nitrogens is 7. The fraction of sp³-hybridized carbons (Fsp3) is 0.231. The van der Waals surface area contributed by atoms with Crippen molar-refractivity contribution in [3.8, 4) is 22.6 Å². The Morgan fingerprint density at radius 1 is 1.06 bits per heavy atom. The first-order chi connectivity index (χ1) is 17.4. The van der Waals surface area contributed by atoms with Crippen molar-refractivity contribution in [1.82, 2.24) is 34.5 Å². The van der Waals surface area contributed by atoms with Crippen molar-refractivity contribution in [3.05, 3.63) is 66.4 Å². The van der Waals surface area contributed by atoms with Crippen molar-refractivity contribution in [2.24, 2.45) is 20.0 Å². The molecule has 0 spiro atoms. The Balaban J connectivity index is 1.26. The number of nitrogen functional groups attached to an aromatic ring is 1. The number of anilines is 2. The second-order valence-electron chi connectivity index (χ2n) is 9.33. The third kappa shape index (κ3) is 3.96. The van der Waals surface area contributed by atoms with Gasteiger partial charge in [-0.1, -0.05) is 0 Å². The molecular formula is C26H25N9O. The van der Waals surface area contributed by atoms with Gasteiger partial charge in [-0.05, 0) is 60.0 Å². The second kappa shape index (κ2) is 8.26. The Hall–Kier alpha value is -4.60. The van der Waals surface area contributed by atoms with Crippen LogP contribution in [0.3, 0.4) is 0 Å². The molecule has 3 N–H and O–H groups in total. The lowest BCUT2D eigenvalue weighted by molar-refractivity contribution is -0.117. The molecule has 2 atom stereocenters. The molecule has 36 heavy (non-hydrogen) atoms. The lowest BCUT2D eigenvalue weighted by atomic mass is 10.0. The number of carbonyl (C=O) groups excluding carboxylic acids is 1. The minimum Gasteiger partial charge on any atom is -0.383 e. The molecule has 0 aromatic carbocycles. The summed E-state index contributed by atoms with van der Waals surface area (Å²) in [5, 5.41) is 13.2. The maximum absolute atomic E-state index is 12.8. The molecular weight excluding hydrogens is 454 g/mol. The van der Waals surface area contributed by atoms with Crippen LogP contribution in [0.2, 0.25) is 0 Å². The summed E-state index contributed by atoms with van der Waals surface area (Å²) in [6.45, 7) is 2.01. The highest BCUT2D eigenvalue weighted by molar-refractivity contribution is 5.98. The molecule has 0 unspecified atom stereocenters. The van der Waals surface area contributed by atoms with Crippen LogP contribution in [0, 0.1) is 12.8 Å². The van der Waals surface area contributed by atoms with Gasteiger partial charge in [0.15, 0.2) is 0 Å². The number of nitrogens with one attached hydrogen (secondary N) is 1. The van der Waals surface area contributed by atoms with E-state index in [1.165, 1.54) is 0 Å². The molecule has 5 aromatic heterocycles. The summed E-state index contributed by atoms with van der Waals surface area (Å²) in [5.74, 6) is 0.954. The van der Waals surface area contributed by atoms with E-state index in [0.717, 1.165) is 45.3 Å². The van der Waals surface area contributed by atoms with Gasteiger partial charge in [-0.2, -0.15) is 10.2 Å². The summed E-state index contributed by atoms with van der Waals surface area (Å²) in [6.07, 6.45) is 9.93. The second-order valence-corrected chi connectivity index (χ2v) is 9.33. The fourth-order valence-corrected chi connectivity index (χ4v) is 4.60. The summed E-state index contributed by atoms with van der Waals surface area (Å²) < 4.78 is 3.51. The first-order valence-electron chi connectivity index (χ1n) is 11.7. The number of amides is 1. The molecule has 0 saturated heterocycles. The van der Waals surface area contributed by atoms with Gasteiger partial charge >= 0.3 is 0 Å². The van der Waals surface area contributed by atoms with Gasteiger partial charge in [0.25, 0.3) is 0 Å². The Kier molecular flexibility index (Phi) is 5.03. The molecule has 0 aliphatic heterocycles. The van der Waals surface area contributed by atoms with Crippen molar-refractivity contribution in [2.45, 2.75) is 19.3 Å². The number of rotatable bonds is 5. The van der Waals surface area contributed by atoms with Crippen LogP contribution in [0.1, 0.15) is 23.5 Å². The van der Waals surface area contributed by atoms with E-state index < -0.39 is 0 Å². The van der Waals surface area contributed by atoms with Gasteiger partial charge in [0.1, 0.15) is 17.3 Å². The van der Waals surface area contributed by atoms with Crippen LogP contribution in [-0.4, -0.2) is 40.4 Å². The normalized spacial score (nSPS) is 16.9. The summed E-state index contributed by atoms with van der Waals surface area (Å²) >= 11 is 0. The molecule has 1 aliphatic rings. The largest absolute Gasteiger partial charge is 0.383 e. The van der Waals surface area contributed by atoms with Gasteiger partial charge in [-0.25, -0.2) is 9.97 Å². The van der Waals surface area contributed by atoms with Crippen molar-refractivity contribution in [3.63, 3.8) is 0 Å². The average molecular weight is 480 g/mol. The maximum atomic E-state index is 12.8. The van der Waals surface area contributed by atoms with Gasteiger partial charge in [0, 0.05) is 55.8 Å². The minimum absolute atomic E-state index is 0.0388. The van der Waals surface area contributed by atoms with Crippen molar-refractivity contribution in [1.29, 1.82) is 0 Å². The van der Waals surface area contributed by atoms with Crippen molar-refractivity contribution >= 4 is 28.3 Å². The molecule has 5 aromatic rings. The average Bonchev–Trinajstić information content (AvgIpc) is 3.35. The highest BCUT2D eigenvalue weighted by Crippen LogP contribution is 2.47. The summed E-state index contributed by atoms with van der Waals surface area (Å²) in [4.78, 5) is 26.4. The van der Waals surface area contributed by atoms with Crippen molar-refractivity contribution < 1.29 is 4.79 Å². The Morgan fingerprint density at radius 3 is 2.64 bits per heavy atom. The molecule has 0 radical (unpaired) electrons. The SMILES string of the molecule is Cc1cc(-c2ccn(C)n2)ncc1-c1cc2cc(NC(=O)[C@H]3C[C@@H]3c3cnn(C)c3)ncc2c(N)n1. The molecule has 10 nitrogen and oxygen atoms in total. The van der Waals surface area contributed by atoms with Crippen LogP contribution in [0.15, 0.2) is 55.2 Å². The number of hydrogen-bond donors (Lipinski definition) is 2. The third-order valence-electron chi connectivity index (χ3n) is 6.64. The molecule has 1 amide bonds. The van der Waals surface area contributed by atoms with E-state index in [1.807, 2.05) is 63.9 Å². The number of nitrogens with two attached hydrogens (primary N) is 1. The van der Waals surface area contributed by atoms with Gasteiger partial charge in [0.05, 0.1) is 17.6 Å². The molecule has 0 bridgehead atoms. The van der Waals surface area contributed by atoms with Gasteiger partial charge in [-0.15, -0.1) is 0 Å². The molecule has 6 rings (SSSR count). The van der Waals surface area contributed by atoms with Gasteiger partial charge in [-0.3, -0.25) is 19.1 Å². The highest BCUT2D eigenvalue weighted by Gasteiger charge is 2.44. The van der Waals surface area contributed by atoms with Crippen LogP contribution in [0.4, 0.5) is 11.6 Å². The predicted octanol–water partition coefficient (Wildman–Crippen LogP) is 3.46. The minimum atomic E-state index is -0.0730. The van der Waals surface area contributed by atoms with E-state index in [1.54, 1.807) is 21.8 Å². The molecule has 180 valence electrons. The lowest BCUT2D eigenvalue weighted by Crippen LogP contribution is -2.15. The fourth-order valence-electron chi connectivity index (χ4n) is 4.60. The summed E-state index contributed by atoms with van der Waals surface area (Å²) in [7, 11) is 3.75. The van der Waals surface area contributed by atoms with Crippen LogP contribution in [-0.2, 0) is 18.9 Å². The van der Waals surface area contributed by atoms with E-state index in [2.05, 4.69) is 30.5 Å². The Labute approximate surface area is 207 Å². The maximum Gasteiger partial charge on any atom is 0.229 e. The van der Waals surface area contributed by atoms with Crippen LogP contribution in [0.25, 0.3) is 33.4 Å².